The van der Waals surface area contributed by atoms with Crippen molar-refractivity contribution in [1.29, 1.82) is 0 Å². The van der Waals surface area contributed by atoms with Gasteiger partial charge in [-0.3, -0.25) is 10.1 Å². The molecule has 1 fully saturated rings. The van der Waals surface area contributed by atoms with Crippen molar-refractivity contribution in [3.05, 3.63) is 33.9 Å². The molecule has 1 aromatic rings. The van der Waals surface area contributed by atoms with E-state index in [0.29, 0.717) is 5.75 Å². The summed E-state index contributed by atoms with van der Waals surface area (Å²) >= 11 is 0. The average molecular weight is 237 g/mol. The van der Waals surface area contributed by atoms with Gasteiger partial charge in [0.05, 0.1) is 12.0 Å². The molecule has 6 nitrogen and oxygen atoms in total. The molecular weight excluding hydrogens is 222 g/mol. The first kappa shape index (κ1) is 11.8. The van der Waals surface area contributed by atoms with Gasteiger partial charge < -0.3 is 15.4 Å². The zero-order valence-electron chi connectivity index (χ0n) is 9.60. The van der Waals surface area contributed by atoms with Crippen LogP contribution in [-0.2, 0) is 0 Å². The van der Waals surface area contributed by atoms with Gasteiger partial charge in [-0.15, -0.1) is 0 Å². The summed E-state index contributed by atoms with van der Waals surface area (Å²) in [7, 11) is 1.44. The maximum Gasteiger partial charge on any atom is 0.310 e. The molecular formula is C11H15N3O3. The van der Waals surface area contributed by atoms with Gasteiger partial charge in [0.25, 0.3) is 0 Å². The molecule has 0 radical (unpaired) electrons. The van der Waals surface area contributed by atoms with E-state index in [-0.39, 0.29) is 11.7 Å². The number of hydrogen-bond acceptors (Lipinski definition) is 5. The van der Waals surface area contributed by atoms with Crippen molar-refractivity contribution in [2.45, 2.75) is 6.04 Å². The summed E-state index contributed by atoms with van der Waals surface area (Å²) in [5.74, 6) is 0.305. The van der Waals surface area contributed by atoms with Gasteiger partial charge in [0, 0.05) is 31.7 Å². The number of benzene rings is 1. The van der Waals surface area contributed by atoms with Crippen molar-refractivity contribution >= 4 is 5.69 Å². The van der Waals surface area contributed by atoms with E-state index >= 15 is 0 Å². The Kier molecular flexibility index (Phi) is 3.55. The molecule has 0 spiro atoms. The normalized spacial score (nSPS) is 19.9. The van der Waals surface area contributed by atoms with Crippen LogP contribution in [0.15, 0.2) is 18.2 Å². The highest BCUT2D eigenvalue weighted by atomic mass is 16.6. The lowest BCUT2D eigenvalue weighted by atomic mass is 10.0. The van der Waals surface area contributed by atoms with Crippen LogP contribution >= 0.6 is 0 Å². The van der Waals surface area contributed by atoms with Crippen LogP contribution in [0.2, 0.25) is 0 Å². The van der Waals surface area contributed by atoms with E-state index in [1.54, 1.807) is 12.1 Å². The molecule has 1 atom stereocenters. The molecule has 0 aromatic heterocycles. The summed E-state index contributed by atoms with van der Waals surface area (Å²) in [5.41, 5.74) is 1.000. The summed E-state index contributed by atoms with van der Waals surface area (Å²) in [6.07, 6.45) is 0. The van der Waals surface area contributed by atoms with E-state index in [9.17, 15) is 10.1 Å². The first-order valence-corrected chi connectivity index (χ1v) is 5.49. The summed E-state index contributed by atoms with van der Waals surface area (Å²) in [6, 6.07) is 5.16. The highest BCUT2D eigenvalue weighted by molar-refractivity contribution is 5.49. The van der Waals surface area contributed by atoms with Gasteiger partial charge in [0.2, 0.25) is 0 Å². The Hall–Kier alpha value is -1.66. The maximum absolute atomic E-state index is 10.8. The van der Waals surface area contributed by atoms with Crippen molar-refractivity contribution in [2.75, 3.05) is 26.7 Å². The Labute approximate surface area is 99.1 Å². The second-order valence-corrected chi connectivity index (χ2v) is 3.90. The number of nitro benzene ring substituents is 1. The van der Waals surface area contributed by atoms with Crippen molar-refractivity contribution in [3.63, 3.8) is 0 Å². The summed E-state index contributed by atoms with van der Waals surface area (Å²) in [5, 5.41) is 17.4. The molecule has 6 heteroatoms. The third kappa shape index (κ3) is 2.54. The SMILES string of the molecule is COc1cc([C@H]2CNCCN2)ccc1[N+](=O)[O-]. The van der Waals surface area contributed by atoms with E-state index in [1.807, 2.05) is 0 Å². The minimum absolute atomic E-state index is 0.0000172. The Morgan fingerprint density at radius 3 is 2.88 bits per heavy atom. The molecule has 1 saturated heterocycles. The number of rotatable bonds is 3. The highest BCUT2D eigenvalue weighted by Gasteiger charge is 2.19. The molecule has 1 aromatic carbocycles. The minimum Gasteiger partial charge on any atom is -0.490 e. The monoisotopic (exact) mass is 237 g/mol. The van der Waals surface area contributed by atoms with Gasteiger partial charge >= 0.3 is 5.69 Å². The molecule has 0 aliphatic carbocycles. The van der Waals surface area contributed by atoms with E-state index < -0.39 is 4.92 Å². The second-order valence-electron chi connectivity index (χ2n) is 3.90. The lowest BCUT2D eigenvalue weighted by molar-refractivity contribution is -0.385. The third-order valence-corrected chi connectivity index (χ3v) is 2.84. The summed E-state index contributed by atoms with van der Waals surface area (Å²) in [4.78, 5) is 10.3. The number of nitrogens with zero attached hydrogens (tertiary/aromatic N) is 1. The molecule has 0 saturated carbocycles. The van der Waals surface area contributed by atoms with Crippen molar-refractivity contribution < 1.29 is 9.66 Å². The lowest BCUT2D eigenvalue weighted by Crippen LogP contribution is -2.42. The summed E-state index contributed by atoms with van der Waals surface area (Å²) in [6.45, 7) is 2.66. The average Bonchev–Trinajstić information content (AvgIpc) is 2.39. The van der Waals surface area contributed by atoms with Crippen molar-refractivity contribution in [1.82, 2.24) is 10.6 Å². The standard InChI is InChI=1S/C11H15N3O3/c1-17-11-6-8(2-3-10(11)14(15)16)9-7-12-4-5-13-9/h2-3,6,9,12-13H,4-5,7H2,1H3/t9-/m1/s1. The van der Waals surface area contributed by atoms with E-state index in [2.05, 4.69) is 10.6 Å². The van der Waals surface area contributed by atoms with Gasteiger partial charge in [0.1, 0.15) is 0 Å². The van der Waals surface area contributed by atoms with Crippen LogP contribution in [0.25, 0.3) is 0 Å². The van der Waals surface area contributed by atoms with Crippen molar-refractivity contribution in [2.24, 2.45) is 0 Å². The fourth-order valence-electron chi connectivity index (χ4n) is 1.95. The predicted molar refractivity (Wildman–Crippen MR) is 63.3 cm³/mol. The molecule has 0 amide bonds. The van der Waals surface area contributed by atoms with E-state index in [1.165, 1.54) is 13.2 Å². The fourth-order valence-corrected chi connectivity index (χ4v) is 1.95. The molecule has 1 aliphatic heterocycles. The van der Waals surface area contributed by atoms with Crippen LogP contribution in [0.1, 0.15) is 11.6 Å². The Morgan fingerprint density at radius 2 is 2.29 bits per heavy atom. The predicted octanol–water partition coefficient (Wildman–Crippen LogP) is 0.837. The number of nitrogens with one attached hydrogen (secondary N) is 2. The second kappa shape index (κ2) is 5.11. The van der Waals surface area contributed by atoms with Crippen LogP contribution < -0.4 is 15.4 Å². The first-order chi connectivity index (χ1) is 8.22. The third-order valence-electron chi connectivity index (χ3n) is 2.84. The topological polar surface area (TPSA) is 76.4 Å². The zero-order valence-corrected chi connectivity index (χ0v) is 9.60. The van der Waals surface area contributed by atoms with E-state index in [4.69, 9.17) is 4.74 Å². The molecule has 92 valence electrons. The van der Waals surface area contributed by atoms with Gasteiger partial charge in [0.15, 0.2) is 5.75 Å². The van der Waals surface area contributed by atoms with Crippen LogP contribution in [-0.4, -0.2) is 31.7 Å². The minimum atomic E-state index is -0.435. The smallest absolute Gasteiger partial charge is 0.310 e. The van der Waals surface area contributed by atoms with Crippen LogP contribution in [0.3, 0.4) is 0 Å². The highest BCUT2D eigenvalue weighted by Crippen LogP contribution is 2.29. The molecule has 2 rings (SSSR count). The molecule has 1 aliphatic rings. The van der Waals surface area contributed by atoms with Crippen LogP contribution in [0.5, 0.6) is 5.75 Å². The zero-order chi connectivity index (χ0) is 12.3. The Bertz CT molecular complexity index is 416. The van der Waals surface area contributed by atoms with Crippen LogP contribution in [0, 0.1) is 10.1 Å². The number of hydrogen-bond donors (Lipinski definition) is 2. The first-order valence-electron chi connectivity index (χ1n) is 5.49. The van der Waals surface area contributed by atoms with E-state index in [0.717, 1.165) is 25.2 Å². The summed E-state index contributed by atoms with van der Waals surface area (Å²) < 4.78 is 5.05. The maximum atomic E-state index is 10.8. The largest absolute Gasteiger partial charge is 0.490 e. The Morgan fingerprint density at radius 1 is 1.47 bits per heavy atom. The quantitative estimate of drug-likeness (QED) is 0.601. The number of ether oxygens (including phenoxy) is 1. The number of nitro groups is 1. The number of piperazine rings is 1. The lowest BCUT2D eigenvalue weighted by Gasteiger charge is -2.25. The number of methoxy groups -OCH3 is 1. The molecule has 1 heterocycles. The van der Waals surface area contributed by atoms with Gasteiger partial charge in [-0.2, -0.15) is 0 Å². The van der Waals surface area contributed by atoms with Crippen LogP contribution in [0.4, 0.5) is 5.69 Å². The van der Waals surface area contributed by atoms with Gasteiger partial charge in [-0.05, 0) is 11.6 Å². The van der Waals surface area contributed by atoms with Gasteiger partial charge in [-0.1, -0.05) is 6.07 Å². The molecule has 0 bridgehead atoms. The molecule has 17 heavy (non-hydrogen) atoms. The van der Waals surface area contributed by atoms with Gasteiger partial charge in [-0.25, -0.2) is 0 Å². The Balaban J connectivity index is 2.27. The van der Waals surface area contributed by atoms with Crippen molar-refractivity contribution in [3.8, 4) is 5.75 Å². The molecule has 0 unspecified atom stereocenters. The fraction of sp³-hybridized carbons (Fsp3) is 0.455. The molecule has 2 N–H and O–H groups in total.